The van der Waals surface area contributed by atoms with Crippen LogP contribution in [0.4, 0.5) is 0 Å². The molecule has 26 heavy (non-hydrogen) atoms. The largest absolute Gasteiger partial charge is 0.357 e. The first-order chi connectivity index (χ1) is 12.7. The fourth-order valence-corrected chi connectivity index (χ4v) is 3.59. The van der Waals surface area contributed by atoms with E-state index in [-0.39, 0.29) is 0 Å². The summed E-state index contributed by atoms with van der Waals surface area (Å²) >= 11 is 0. The second kappa shape index (κ2) is 8.87. The van der Waals surface area contributed by atoms with E-state index in [0.29, 0.717) is 12.0 Å². The van der Waals surface area contributed by atoms with Gasteiger partial charge in [0.2, 0.25) is 0 Å². The number of aromatic nitrogens is 4. The standard InChI is InChI=1S/C19H31N7/c1-4-21-19(22-8-5-6-17-12-23-24(3)13-17)25-10-7-16(2)18(14-25)26-11-9-20-15-26/h9,11-13,15-16,18H,4-8,10,14H2,1-3H3,(H,21,22). The molecule has 0 aliphatic carbocycles. The highest BCUT2D eigenvalue weighted by Gasteiger charge is 2.28. The van der Waals surface area contributed by atoms with Gasteiger partial charge in [-0.1, -0.05) is 6.92 Å². The third-order valence-corrected chi connectivity index (χ3v) is 5.10. The van der Waals surface area contributed by atoms with Crippen molar-refractivity contribution >= 4 is 5.96 Å². The number of guanidine groups is 1. The van der Waals surface area contributed by atoms with E-state index in [1.165, 1.54) is 12.0 Å². The van der Waals surface area contributed by atoms with Crippen molar-refractivity contribution in [3.63, 3.8) is 0 Å². The molecule has 0 radical (unpaired) electrons. The molecule has 0 bridgehead atoms. The smallest absolute Gasteiger partial charge is 0.193 e. The van der Waals surface area contributed by atoms with Crippen molar-refractivity contribution in [2.45, 2.75) is 39.2 Å². The second-order valence-corrected chi connectivity index (χ2v) is 7.15. The van der Waals surface area contributed by atoms with Crippen molar-refractivity contribution in [1.29, 1.82) is 0 Å². The number of piperidine rings is 1. The summed E-state index contributed by atoms with van der Waals surface area (Å²) in [5.41, 5.74) is 1.28. The van der Waals surface area contributed by atoms with E-state index in [4.69, 9.17) is 4.99 Å². The first-order valence-electron chi connectivity index (χ1n) is 9.65. The van der Waals surface area contributed by atoms with Crippen LogP contribution in [0, 0.1) is 5.92 Å². The molecular weight excluding hydrogens is 326 g/mol. The molecule has 2 aromatic rings. The summed E-state index contributed by atoms with van der Waals surface area (Å²) in [7, 11) is 1.96. The van der Waals surface area contributed by atoms with Crippen molar-refractivity contribution in [3.8, 4) is 0 Å². The lowest BCUT2D eigenvalue weighted by atomic mass is 9.93. The zero-order valence-corrected chi connectivity index (χ0v) is 16.2. The molecular formula is C19H31N7. The molecule has 3 rings (SSSR count). The molecule has 7 heteroatoms. The van der Waals surface area contributed by atoms with Gasteiger partial charge < -0.3 is 14.8 Å². The minimum absolute atomic E-state index is 0.450. The first-order valence-corrected chi connectivity index (χ1v) is 9.65. The average molecular weight is 358 g/mol. The molecule has 0 saturated carbocycles. The summed E-state index contributed by atoms with van der Waals surface area (Å²) in [6, 6.07) is 0.450. The zero-order chi connectivity index (χ0) is 18.4. The maximum Gasteiger partial charge on any atom is 0.193 e. The third kappa shape index (κ3) is 4.65. The van der Waals surface area contributed by atoms with Crippen LogP contribution in [-0.4, -0.2) is 56.4 Å². The second-order valence-electron chi connectivity index (χ2n) is 7.15. The van der Waals surface area contributed by atoms with Gasteiger partial charge in [-0.15, -0.1) is 0 Å². The van der Waals surface area contributed by atoms with Crippen molar-refractivity contribution < 1.29 is 0 Å². The number of hydrogen-bond acceptors (Lipinski definition) is 3. The van der Waals surface area contributed by atoms with Crippen LogP contribution in [0.2, 0.25) is 0 Å². The number of rotatable bonds is 6. The maximum absolute atomic E-state index is 4.88. The Bertz CT molecular complexity index is 689. The average Bonchev–Trinajstić information content (AvgIpc) is 3.30. The lowest BCUT2D eigenvalue weighted by Gasteiger charge is -2.39. The van der Waals surface area contributed by atoms with Gasteiger partial charge in [-0.3, -0.25) is 9.67 Å². The van der Waals surface area contributed by atoms with Gasteiger partial charge >= 0.3 is 0 Å². The van der Waals surface area contributed by atoms with Gasteiger partial charge in [0.15, 0.2) is 5.96 Å². The molecule has 1 saturated heterocycles. The summed E-state index contributed by atoms with van der Waals surface area (Å²) in [6.07, 6.45) is 13.1. The van der Waals surface area contributed by atoms with Gasteiger partial charge in [0.25, 0.3) is 0 Å². The molecule has 1 fully saturated rings. The summed E-state index contributed by atoms with van der Waals surface area (Å²) in [5.74, 6) is 1.68. The molecule has 2 unspecified atom stereocenters. The highest BCUT2D eigenvalue weighted by atomic mass is 15.3. The first kappa shape index (κ1) is 18.5. The topological polar surface area (TPSA) is 63.3 Å². The van der Waals surface area contributed by atoms with Crippen molar-refractivity contribution in [2.24, 2.45) is 18.0 Å². The van der Waals surface area contributed by atoms with E-state index in [2.05, 4.69) is 51.1 Å². The molecule has 142 valence electrons. The minimum Gasteiger partial charge on any atom is -0.357 e. The van der Waals surface area contributed by atoms with Crippen LogP contribution in [0.5, 0.6) is 0 Å². The number of aryl methyl sites for hydroxylation is 2. The van der Waals surface area contributed by atoms with Crippen LogP contribution in [0.3, 0.4) is 0 Å². The van der Waals surface area contributed by atoms with Gasteiger partial charge in [0, 0.05) is 51.8 Å². The number of nitrogens with zero attached hydrogens (tertiary/aromatic N) is 6. The van der Waals surface area contributed by atoms with E-state index < -0.39 is 0 Å². The summed E-state index contributed by atoms with van der Waals surface area (Å²) in [4.78, 5) is 11.5. The van der Waals surface area contributed by atoms with E-state index in [9.17, 15) is 0 Å². The molecule has 1 aliphatic rings. The van der Waals surface area contributed by atoms with E-state index in [0.717, 1.165) is 45.0 Å². The van der Waals surface area contributed by atoms with Crippen LogP contribution in [0.15, 0.2) is 36.1 Å². The minimum atomic E-state index is 0.450. The van der Waals surface area contributed by atoms with E-state index in [1.807, 2.05) is 30.5 Å². The van der Waals surface area contributed by atoms with Gasteiger partial charge in [-0.2, -0.15) is 5.10 Å². The maximum atomic E-state index is 4.88. The fourth-order valence-electron chi connectivity index (χ4n) is 3.59. The predicted molar refractivity (Wildman–Crippen MR) is 104 cm³/mol. The van der Waals surface area contributed by atoms with E-state index in [1.54, 1.807) is 0 Å². The van der Waals surface area contributed by atoms with Crippen molar-refractivity contribution in [3.05, 3.63) is 36.7 Å². The molecule has 2 aromatic heterocycles. The van der Waals surface area contributed by atoms with Crippen LogP contribution in [0.1, 0.15) is 38.3 Å². The predicted octanol–water partition coefficient (Wildman–Crippen LogP) is 2.10. The Balaban J connectivity index is 1.59. The summed E-state index contributed by atoms with van der Waals surface area (Å²) in [5, 5.41) is 7.70. The Morgan fingerprint density at radius 2 is 2.31 bits per heavy atom. The lowest BCUT2D eigenvalue weighted by molar-refractivity contribution is 0.189. The number of likely N-dealkylation sites (tertiary alicyclic amines) is 1. The number of hydrogen-bond donors (Lipinski definition) is 1. The zero-order valence-electron chi connectivity index (χ0n) is 16.2. The Hall–Kier alpha value is -2.31. The molecule has 0 spiro atoms. The Kier molecular flexibility index (Phi) is 6.30. The van der Waals surface area contributed by atoms with E-state index >= 15 is 0 Å². The molecule has 7 nitrogen and oxygen atoms in total. The van der Waals surface area contributed by atoms with Crippen LogP contribution in [-0.2, 0) is 13.5 Å². The van der Waals surface area contributed by atoms with Gasteiger partial charge in [0.1, 0.15) is 0 Å². The quantitative estimate of drug-likeness (QED) is 0.488. The Labute approximate surface area is 156 Å². The van der Waals surface area contributed by atoms with Crippen molar-refractivity contribution in [1.82, 2.24) is 29.5 Å². The van der Waals surface area contributed by atoms with Crippen LogP contribution >= 0.6 is 0 Å². The van der Waals surface area contributed by atoms with Gasteiger partial charge in [0.05, 0.1) is 18.6 Å². The normalized spacial score (nSPS) is 21.2. The number of imidazole rings is 1. The van der Waals surface area contributed by atoms with Crippen LogP contribution in [0.25, 0.3) is 0 Å². The molecule has 1 N–H and O–H groups in total. The van der Waals surface area contributed by atoms with Gasteiger partial charge in [-0.05, 0) is 37.7 Å². The molecule has 3 heterocycles. The Morgan fingerprint density at radius 1 is 1.42 bits per heavy atom. The summed E-state index contributed by atoms with van der Waals surface area (Å²) in [6.45, 7) is 8.22. The molecule has 0 aromatic carbocycles. The highest BCUT2D eigenvalue weighted by Crippen LogP contribution is 2.27. The number of nitrogens with one attached hydrogen (secondary N) is 1. The molecule has 1 aliphatic heterocycles. The molecule has 0 amide bonds. The van der Waals surface area contributed by atoms with Crippen LogP contribution < -0.4 is 5.32 Å². The SMILES string of the molecule is CCNC(=NCCCc1cnn(C)c1)N1CCC(C)C(n2ccnc2)C1. The molecule has 2 atom stereocenters. The lowest BCUT2D eigenvalue weighted by Crippen LogP contribution is -2.49. The third-order valence-electron chi connectivity index (χ3n) is 5.10. The monoisotopic (exact) mass is 357 g/mol. The fraction of sp³-hybridized carbons (Fsp3) is 0.632. The highest BCUT2D eigenvalue weighted by molar-refractivity contribution is 5.80. The number of aliphatic imine (C=N–C) groups is 1. The van der Waals surface area contributed by atoms with Gasteiger partial charge in [-0.25, -0.2) is 4.98 Å². The van der Waals surface area contributed by atoms with Crippen molar-refractivity contribution in [2.75, 3.05) is 26.2 Å². The Morgan fingerprint density at radius 3 is 3.00 bits per heavy atom. The summed E-state index contributed by atoms with van der Waals surface area (Å²) < 4.78 is 4.09.